The summed E-state index contributed by atoms with van der Waals surface area (Å²) >= 11 is 0. The zero-order chi connectivity index (χ0) is 17.8. The molecule has 0 saturated heterocycles. The maximum absolute atomic E-state index is 12.9. The summed E-state index contributed by atoms with van der Waals surface area (Å²) in [5.41, 5.74) is 3.19. The number of benzene rings is 1. The van der Waals surface area contributed by atoms with Gasteiger partial charge in [-0.25, -0.2) is 0 Å². The largest absolute Gasteiger partial charge is 0.352 e. The Kier molecular flexibility index (Phi) is 5.87. The highest BCUT2D eigenvalue weighted by molar-refractivity contribution is 6.40. The second-order valence-corrected chi connectivity index (χ2v) is 8.13. The van der Waals surface area contributed by atoms with Crippen molar-refractivity contribution in [2.24, 2.45) is 11.8 Å². The lowest BCUT2D eigenvalue weighted by Crippen LogP contribution is -2.29. The van der Waals surface area contributed by atoms with Crippen LogP contribution in [0.25, 0.3) is 10.9 Å². The summed E-state index contributed by atoms with van der Waals surface area (Å²) in [6, 6.07) is 6.32. The van der Waals surface area contributed by atoms with E-state index in [2.05, 4.69) is 56.0 Å². The summed E-state index contributed by atoms with van der Waals surface area (Å²) in [5.74, 6) is 1.29. The zero-order valence-electron chi connectivity index (χ0n) is 16.0. The summed E-state index contributed by atoms with van der Waals surface area (Å²) in [7, 11) is 2.10. The van der Waals surface area contributed by atoms with Crippen molar-refractivity contribution in [3.05, 3.63) is 30.0 Å². The quantitative estimate of drug-likeness (QED) is 0.659. The number of aromatic nitrogens is 1. The lowest BCUT2D eigenvalue weighted by molar-refractivity contribution is 0.0947. The third-order valence-electron chi connectivity index (χ3n) is 5.45. The molecule has 0 aliphatic heterocycles. The minimum Gasteiger partial charge on any atom is -0.352 e. The molecule has 4 heteroatoms. The number of hydrogen-bond acceptors (Lipinski definition) is 1. The standard InChI is InChI=1S/C21H31BN2O/c1-15(2)13-24-14-17(20-18(22)10-7-11-19(20)24)21(25)23-12-16-8-5-3-4-6-9-16/h7,10-11,14-16H,3-6,8-9,12-13,22H2,1-2H3,(H,23,25). The predicted molar refractivity (Wildman–Crippen MR) is 108 cm³/mol. The molecule has 1 amide bonds. The van der Waals surface area contributed by atoms with Crippen LogP contribution in [-0.2, 0) is 6.54 Å². The molecule has 134 valence electrons. The van der Waals surface area contributed by atoms with Gasteiger partial charge in [0.05, 0.1) is 5.56 Å². The Morgan fingerprint density at radius 3 is 2.64 bits per heavy atom. The fourth-order valence-electron chi connectivity index (χ4n) is 4.15. The third kappa shape index (κ3) is 4.28. The van der Waals surface area contributed by atoms with Crippen LogP contribution < -0.4 is 10.8 Å². The van der Waals surface area contributed by atoms with Crippen LogP contribution >= 0.6 is 0 Å². The van der Waals surface area contributed by atoms with E-state index in [1.165, 1.54) is 49.5 Å². The van der Waals surface area contributed by atoms with Crippen molar-refractivity contribution in [2.75, 3.05) is 6.54 Å². The lowest BCUT2D eigenvalue weighted by atomic mass is 9.90. The highest BCUT2D eigenvalue weighted by atomic mass is 16.1. The Hall–Kier alpha value is -1.71. The van der Waals surface area contributed by atoms with Crippen molar-refractivity contribution in [3.8, 4) is 0 Å². The molecule has 1 saturated carbocycles. The second kappa shape index (κ2) is 8.12. The van der Waals surface area contributed by atoms with E-state index in [1.54, 1.807) is 0 Å². The van der Waals surface area contributed by atoms with Gasteiger partial charge in [-0.3, -0.25) is 4.79 Å². The van der Waals surface area contributed by atoms with Crippen molar-refractivity contribution in [3.63, 3.8) is 0 Å². The van der Waals surface area contributed by atoms with Crippen LogP contribution in [0.5, 0.6) is 0 Å². The van der Waals surface area contributed by atoms with E-state index < -0.39 is 0 Å². The smallest absolute Gasteiger partial charge is 0.253 e. The fourth-order valence-corrected chi connectivity index (χ4v) is 4.15. The van der Waals surface area contributed by atoms with E-state index in [1.807, 2.05) is 0 Å². The molecular weight excluding hydrogens is 307 g/mol. The van der Waals surface area contributed by atoms with Gasteiger partial charge in [0.2, 0.25) is 0 Å². The minimum absolute atomic E-state index is 0.0889. The molecule has 1 fully saturated rings. The number of nitrogens with one attached hydrogen (secondary N) is 1. The van der Waals surface area contributed by atoms with Gasteiger partial charge >= 0.3 is 0 Å². The van der Waals surface area contributed by atoms with Gasteiger partial charge in [-0.15, -0.1) is 0 Å². The normalized spacial score (nSPS) is 16.3. The number of carbonyl (C=O) groups excluding carboxylic acids is 1. The van der Waals surface area contributed by atoms with Gasteiger partial charge in [-0.1, -0.05) is 57.1 Å². The summed E-state index contributed by atoms with van der Waals surface area (Å²) in [6.45, 7) is 6.19. The first kappa shape index (κ1) is 18.1. The number of rotatable bonds is 5. The van der Waals surface area contributed by atoms with Gasteiger partial charge in [0.1, 0.15) is 7.85 Å². The maximum Gasteiger partial charge on any atom is 0.253 e. The lowest BCUT2D eigenvalue weighted by Gasteiger charge is -2.14. The molecule has 2 aromatic rings. The fraction of sp³-hybridized carbons (Fsp3) is 0.571. The number of hydrogen-bond donors (Lipinski definition) is 1. The van der Waals surface area contributed by atoms with Gasteiger partial charge < -0.3 is 9.88 Å². The molecule has 3 rings (SSSR count). The second-order valence-electron chi connectivity index (χ2n) is 8.13. The van der Waals surface area contributed by atoms with Gasteiger partial charge in [0.15, 0.2) is 0 Å². The van der Waals surface area contributed by atoms with E-state index in [0.717, 1.165) is 24.0 Å². The molecule has 1 aromatic heterocycles. The summed E-state index contributed by atoms with van der Waals surface area (Å²) in [6.07, 6.45) is 9.91. The first-order valence-corrected chi connectivity index (χ1v) is 9.93. The van der Waals surface area contributed by atoms with Crippen molar-refractivity contribution in [2.45, 2.75) is 58.9 Å². The molecule has 0 radical (unpaired) electrons. The zero-order valence-corrected chi connectivity index (χ0v) is 16.0. The molecule has 3 nitrogen and oxygen atoms in total. The summed E-state index contributed by atoms with van der Waals surface area (Å²) < 4.78 is 2.24. The number of amides is 1. The maximum atomic E-state index is 12.9. The van der Waals surface area contributed by atoms with Crippen molar-refractivity contribution < 1.29 is 4.79 Å². The Bertz CT molecular complexity index is 727. The van der Waals surface area contributed by atoms with Gasteiger partial charge in [0, 0.05) is 30.2 Å². The monoisotopic (exact) mass is 338 g/mol. The van der Waals surface area contributed by atoms with Gasteiger partial charge in [-0.05, 0) is 30.7 Å². The van der Waals surface area contributed by atoms with Crippen LogP contribution in [-0.4, -0.2) is 24.9 Å². The predicted octanol–water partition coefficient (Wildman–Crippen LogP) is 3.26. The van der Waals surface area contributed by atoms with Crippen LogP contribution in [0.2, 0.25) is 0 Å². The van der Waals surface area contributed by atoms with Crippen LogP contribution in [0, 0.1) is 11.8 Å². The van der Waals surface area contributed by atoms with Crippen molar-refractivity contribution in [1.29, 1.82) is 0 Å². The van der Waals surface area contributed by atoms with Crippen LogP contribution in [0.15, 0.2) is 24.4 Å². The summed E-state index contributed by atoms with van der Waals surface area (Å²) in [4.78, 5) is 12.9. The molecule has 25 heavy (non-hydrogen) atoms. The number of carbonyl (C=O) groups is 1. The van der Waals surface area contributed by atoms with Crippen molar-refractivity contribution >= 4 is 30.1 Å². The van der Waals surface area contributed by atoms with E-state index in [0.29, 0.717) is 11.8 Å². The first-order valence-electron chi connectivity index (χ1n) is 9.93. The molecule has 1 N–H and O–H groups in total. The van der Waals surface area contributed by atoms with Crippen LogP contribution in [0.3, 0.4) is 0 Å². The van der Waals surface area contributed by atoms with Gasteiger partial charge in [-0.2, -0.15) is 0 Å². The highest BCUT2D eigenvalue weighted by Crippen LogP contribution is 2.23. The SMILES string of the molecule is Bc1cccc2c1c(C(=O)NCC1CCCCCC1)cn2CC(C)C. The molecule has 1 aliphatic carbocycles. The Morgan fingerprint density at radius 1 is 1.24 bits per heavy atom. The molecule has 0 atom stereocenters. The highest BCUT2D eigenvalue weighted by Gasteiger charge is 2.19. The average Bonchev–Trinajstić information content (AvgIpc) is 2.77. The Labute approximate surface area is 152 Å². The van der Waals surface area contributed by atoms with E-state index >= 15 is 0 Å². The molecular formula is C21H31BN2O. The molecule has 1 aromatic carbocycles. The molecule has 1 aliphatic rings. The molecule has 0 unspecified atom stereocenters. The first-order chi connectivity index (χ1) is 12.1. The molecule has 0 spiro atoms. The molecule has 1 heterocycles. The van der Waals surface area contributed by atoms with Crippen molar-refractivity contribution in [1.82, 2.24) is 9.88 Å². The van der Waals surface area contributed by atoms with E-state index in [-0.39, 0.29) is 5.91 Å². The Morgan fingerprint density at radius 2 is 1.96 bits per heavy atom. The van der Waals surface area contributed by atoms with Crippen LogP contribution in [0.4, 0.5) is 0 Å². The van der Waals surface area contributed by atoms with E-state index in [4.69, 9.17) is 0 Å². The van der Waals surface area contributed by atoms with E-state index in [9.17, 15) is 4.79 Å². The average molecular weight is 338 g/mol. The Balaban J connectivity index is 1.80. The number of nitrogens with zero attached hydrogens (tertiary/aromatic N) is 1. The van der Waals surface area contributed by atoms with Crippen LogP contribution in [0.1, 0.15) is 62.7 Å². The minimum atomic E-state index is 0.0889. The topological polar surface area (TPSA) is 34.0 Å². The molecule has 0 bridgehead atoms. The third-order valence-corrected chi connectivity index (χ3v) is 5.45. The van der Waals surface area contributed by atoms with Gasteiger partial charge in [0.25, 0.3) is 5.91 Å². The number of fused-ring (bicyclic) bond motifs is 1. The summed E-state index contributed by atoms with van der Waals surface area (Å²) in [5, 5.41) is 4.34.